The number of hydrogen-bond donors (Lipinski definition) is 3. The van der Waals surface area contributed by atoms with Crippen molar-refractivity contribution in [2.45, 2.75) is 18.9 Å². The quantitative estimate of drug-likeness (QED) is 0.657. The molecule has 9 heteroatoms. The molecule has 8 nitrogen and oxygen atoms in total. The molecule has 2 aromatic heterocycles. The highest BCUT2D eigenvalue weighted by molar-refractivity contribution is 6.30. The van der Waals surface area contributed by atoms with E-state index >= 15 is 0 Å². The molecule has 0 bridgehead atoms. The summed E-state index contributed by atoms with van der Waals surface area (Å²) in [6.07, 6.45) is 4.96. The van der Waals surface area contributed by atoms with Crippen molar-refractivity contribution in [3.8, 4) is 0 Å². The van der Waals surface area contributed by atoms with Gasteiger partial charge in [-0.2, -0.15) is 5.10 Å². The van der Waals surface area contributed by atoms with Gasteiger partial charge in [0, 0.05) is 29.8 Å². The van der Waals surface area contributed by atoms with E-state index in [0.29, 0.717) is 10.7 Å². The molecule has 0 aliphatic carbocycles. The summed E-state index contributed by atoms with van der Waals surface area (Å²) in [6.45, 7) is 1.61. The number of H-pyrrole nitrogens is 1. The second kappa shape index (κ2) is 7.17. The third kappa shape index (κ3) is 3.55. The van der Waals surface area contributed by atoms with E-state index in [4.69, 9.17) is 11.6 Å². The van der Waals surface area contributed by atoms with Crippen LogP contribution in [0.4, 0.5) is 16.3 Å². The Morgan fingerprint density at radius 1 is 1.27 bits per heavy atom. The molecule has 1 saturated heterocycles. The normalized spacial score (nSPS) is 15.2. The van der Waals surface area contributed by atoms with Gasteiger partial charge in [0.05, 0.1) is 11.6 Å². The fourth-order valence-corrected chi connectivity index (χ4v) is 3.35. The molecule has 1 aliphatic rings. The summed E-state index contributed by atoms with van der Waals surface area (Å²) in [5.41, 5.74) is 1.41. The molecular formula is C17H18ClN7O. The molecule has 0 spiro atoms. The standard InChI is InChI=1S/C17H18ClN7O/c18-11-2-1-3-13(8-11)23-17(26)22-12-4-6-25(7-5-12)16-14-9-21-24-15(14)19-10-20-16/h1-3,8-10,12H,4-7H2,(H2,22,23,26)(H,19,20,21,24). The molecular weight excluding hydrogens is 354 g/mol. The highest BCUT2D eigenvalue weighted by Gasteiger charge is 2.23. The first-order chi connectivity index (χ1) is 12.7. The summed E-state index contributed by atoms with van der Waals surface area (Å²) in [7, 11) is 0. The van der Waals surface area contributed by atoms with Crippen molar-refractivity contribution < 1.29 is 4.79 Å². The molecule has 0 radical (unpaired) electrons. The zero-order chi connectivity index (χ0) is 17.9. The minimum Gasteiger partial charge on any atom is -0.356 e. The van der Waals surface area contributed by atoms with E-state index in [1.807, 2.05) is 0 Å². The molecule has 0 unspecified atom stereocenters. The second-order valence-electron chi connectivity index (χ2n) is 6.20. The molecule has 26 heavy (non-hydrogen) atoms. The largest absolute Gasteiger partial charge is 0.356 e. The number of halogens is 1. The smallest absolute Gasteiger partial charge is 0.319 e. The Hall–Kier alpha value is -2.87. The Balaban J connectivity index is 1.33. The Bertz CT molecular complexity index is 920. The molecule has 0 saturated carbocycles. The number of aromatic amines is 1. The predicted octanol–water partition coefficient (Wildman–Crippen LogP) is 2.80. The van der Waals surface area contributed by atoms with Gasteiger partial charge in [-0.05, 0) is 31.0 Å². The van der Waals surface area contributed by atoms with Crippen molar-refractivity contribution in [1.29, 1.82) is 0 Å². The lowest BCUT2D eigenvalue weighted by molar-refractivity contribution is 0.246. The molecule has 3 heterocycles. The van der Waals surface area contributed by atoms with Gasteiger partial charge in [0.2, 0.25) is 0 Å². The van der Waals surface area contributed by atoms with Crippen LogP contribution in [0.2, 0.25) is 5.02 Å². The van der Waals surface area contributed by atoms with Crippen LogP contribution in [-0.2, 0) is 0 Å². The highest BCUT2D eigenvalue weighted by atomic mass is 35.5. The van der Waals surface area contributed by atoms with Crippen LogP contribution in [0, 0.1) is 0 Å². The zero-order valence-electron chi connectivity index (χ0n) is 13.9. The summed E-state index contributed by atoms with van der Waals surface area (Å²) in [5.74, 6) is 0.880. The number of anilines is 2. The van der Waals surface area contributed by atoms with Gasteiger partial charge < -0.3 is 15.5 Å². The van der Waals surface area contributed by atoms with E-state index in [-0.39, 0.29) is 12.1 Å². The molecule has 3 aromatic rings. The predicted molar refractivity (Wildman–Crippen MR) is 101 cm³/mol. The Labute approximate surface area is 155 Å². The first-order valence-electron chi connectivity index (χ1n) is 8.41. The van der Waals surface area contributed by atoms with Crippen LogP contribution in [0.5, 0.6) is 0 Å². The lowest BCUT2D eigenvalue weighted by atomic mass is 10.1. The summed E-state index contributed by atoms with van der Waals surface area (Å²) in [6, 6.07) is 6.99. The first kappa shape index (κ1) is 16.6. The van der Waals surface area contributed by atoms with Gasteiger partial charge in [0.25, 0.3) is 0 Å². The Kier molecular flexibility index (Phi) is 4.57. The average Bonchev–Trinajstić information content (AvgIpc) is 3.11. The lowest BCUT2D eigenvalue weighted by Gasteiger charge is -2.33. The number of fused-ring (bicyclic) bond motifs is 1. The average molecular weight is 372 g/mol. The van der Waals surface area contributed by atoms with Crippen LogP contribution < -0.4 is 15.5 Å². The Morgan fingerprint density at radius 3 is 2.92 bits per heavy atom. The fourth-order valence-electron chi connectivity index (χ4n) is 3.16. The van der Waals surface area contributed by atoms with Crippen LogP contribution in [-0.4, -0.2) is 45.3 Å². The third-order valence-electron chi connectivity index (χ3n) is 4.44. The van der Waals surface area contributed by atoms with E-state index in [1.165, 1.54) is 0 Å². The van der Waals surface area contributed by atoms with Crippen molar-refractivity contribution in [1.82, 2.24) is 25.5 Å². The molecule has 3 N–H and O–H groups in total. The van der Waals surface area contributed by atoms with Crippen LogP contribution in [0.15, 0.2) is 36.8 Å². The molecule has 134 valence electrons. The molecule has 1 aromatic carbocycles. The van der Waals surface area contributed by atoms with Crippen LogP contribution in [0.25, 0.3) is 11.0 Å². The monoisotopic (exact) mass is 371 g/mol. The number of piperidine rings is 1. The SMILES string of the molecule is O=C(Nc1cccc(Cl)c1)NC1CCN(c2ncnc3[nH]ncc23)CC1. The number of nitrogens with one attached hydrogen (secondary N) is 3. The summed E-state index contributed by atoms with van der Waals surface area (Å²) in [5, 5.41) is 14.2. The number of amides is 2. The number of rotatable bonds is 3. The van der Waals surface area contributed by atoms with Gasteiger partial charge in [-0.3, -0.25) is 5.10 Å². The van der Waals surface area contributed by atoms with Crippen LogP contribution in [0.1, 0.15) is 12.8 Å². The van der Waals surface area contributed by atoms with Gasteiger partial charge in [-0.25, -0.2) is 14.8 Å². The van der Waals surface area contributed by atoms with E-state index in [1.54, 1.807) is 36.8 Å². The maximum absolute atomic E-state index is 12.2. The summed E-state index contributed by atoms with van der Waals surface area (Å²) >= 11 is 5.93. The fraction of sp³-hybridized carbons (Fsp3) is 0.294. The van der Waals surface area contributed by atoms with Crippen LogP contribution in [0.3, 0.4) is 0 Å². The summed E-state index contributed by atoms with van der Waals surface area (Å²) in [4.78, 5) is 22.9. The van der Waals surface area contributed by atoms with Crippen molar-refractivity contribution in [3.63, 3.8) is 0 Å². The van der Waals surface area contributed by atoms with Crippen molar-refractivity contribution >= 4 is 40.2 Å². The number of hydrogen-bond acceptors (Lipinski definition) is 5. The molecule has 4 rings (SSSR count). The number of aromatic nitrogens is 4. The van der Waals surface area contributed by atoms with E-state index < -0.39 is 0 Å². The third-order valence-corrected chi connectivity index (χ3v) is 4.67. The molecule has 0 atom stereocenters. The number of carbonyl (C=O) groups is 1. The van der Waals surface area contributed by atoms with Gasteiger partial charge in [-0.1, -0.05) is 17.7 Å². The highest BCUT2D eigenvalue weighted by Crippen LogP contribution is 2.24. The van der Waals surface area contributed by atoms with Gasteiger partial charge >= 0.3 is 6.03 Å². The summed E-state index contributed by atoms with van der Waals surface area (Å²) < 4.78 is 0. The minimum atomic E-state index is -0.218. The molecule has 2 amide bonds. The minimum absolute atomic E-state index is 0.118. The number of urea groups is 1. The van der Waals surface area contributed by atoms with Crippen LogP contribution >= 0.6 is 11.6 Å². The second-order valence-corrected chi connectivity index (χ2v) is 6.64. The maximum atomic E-state index is 12.2. The van der Waals surface area contributed by atoms with Crippen molar-refractivity contribution in [2.24, 2.45) is 0 Å². The number of nitrogens with zero attached hydrogens (tertiary/aromatic N) is 4. The van der Waals surface area contributed by atoms with Gasteiger partial charge in [-0.15, -0.1) is 0 Å². The first-order valence-corrected chi connectivity index (χ1v) is 8.79. The molecule has 1 aliphatic heterocycles. The Morgan fingerprint density at radius 2 is 2.12 bits per heavy atom. The van der Waals surface area contributed by atoms with E-state index in [2.05, 4.69) is 35.7 Å². The van der Waals surface area contributed by atoms with Gasteiger partial charge in [0.15, 0.2) is 5.65 Å². The van der Waals surface area contributed by atoms with Crippen molar-refractivity contribution in [3.05, 3.63) is 41.8 Å². The van der Waals surface area contributed by atoms with E-state index in [9.17, 15) is 4.79 Å². The van der Waals surface area contributed by atoms with Gasteiger partial charge in [0.1, 0.15) is 12.1 Å². The number of carbonyl (C=O) groups excluding carboxylic acids is 1. The van der Waals surface area contributed by atoms with Crippen molar-refractivity contribution in [2.75, 3.05) is 23.3 Å². The topological polar surface area (TPSA) is 98.8 Å². The maximum Gasteiger partial charge on any atom is 0.319 e. The van der Waals surface area contributed by atoms with E-state index in [0.717, 1.165) is 42.8 Å². The zero-order valence-corrected chi connectivity index (χ0v) is 14.7. The lowest BCUT2D eigenvalue weighted by Crippen LogP contribution is -2.46. The molecule has 1 fully saturated rings. The number of benzene rings is 1.